The van der Waals surface area contributed by atoms with Crippen LogP contribution in [0.25, 0.3) is 0 Å². The summed E-state index contributed by atoms with van der Waals surface area (Å²) in [6.07, 6.45) is 26.2. The van der Waals surface area contributed by atoms with Gasteiger partial charge in [0.15, 0.2) is 24.8 Å². The number of ether oxygens (including phenoxy) is 8. The monoisotopic (exact) mass is 1680 g/mol. The van der Waals surface area contributed by atoms with Gasteiger partial charge in [0.25, 0.3) is 0 Å². The minimum atomic E-state index is -5.81. The van der Waals surface area contributed by atoms with Crippen molar-refractivity contribution in [1.82, 2.24) is 0 Å². The zero-order valence-electron chi connectivity index (χ0n) is 72.5. The first kappa shape index (κ1) is 107. The molecule has 0 amide bonds. The maximum absolute atomic E-state index is 14.9. The van der Waals surface area contributed by atoms with Crippen molar-refractivity contribution in [1.29, 1.82) is 0 Å². The Bertz CT molecular complexity index is 2530. The highest BCUT2D eigenvalue weighted by molar-refractivity contribution is 7.47. The van der Waals surface area contributed by atoms with Gasteiger partial charge in [0.1, 0.15) is 92.6 Å². The molecule has 2 saturated heterocycles. The topological polar surface area (TPSA) is 380 Å². The molecule has 2 aliphatic heterocycles. The second-order valence-electron chi connectivity index (χ2n) is 33.4. The highest BCUT2D eigenvalue weighted by Gasteiger charge is 2.60. The van der Waals surface area contributed by atoms with E-state index in [1.165, 1.54) is 148 Å². The van der Waals surface area contributed by atoms with Crippen LogP contribution in [0.3, 0.4) is 0 Å². The van der Waals surface area contributed by atoms with Crippen molar-refractivity contribution in [3.05, 3.63) is 24.3 Å². The Morgan fingerprint density at radius 1 is 0.362 bits per heavy atom. The van der Waals surface area contributed by atoms with Gasteiger partial charge in [-0.2, -0.15) is 0 Å². The van der Waals surface area contributed by atoms with Gasteiger partial charge < -0.3 is 88.7 Å². The van der Waals surface area contributed by atoms with Crippen molar-refractivity contribution in [2.75, 3.05) is 26.4 Å². The minimum absolute atomic E-state index is 0.00881. The van der Waals surface area contributed by atoms with Crippen LogP contribution in [0, 0.1) is 5.92 Å². The summed E-state index contributed by atoms with van der Waals surface area (Å²) >= 11 is 0. The van der Waals surface area contributed by atoms with Crippen LogP contribution < -0.4 is 0 Å². The maximum Gasteiger partial charge on any atom is 0.472 e. The van der Waals surface area contributed by atoms with Gasteiger partial charge in [-0.1, -0.05) is 309 Å². The number of carbonyl (C=O) groups excluding carboxylic acids is 4. The maximum atomic E-state index is 14.9. The predicted octanol–water partition coefficient (Wildman–Crippen LogP) is 16.8. The standard InChI is InChI=1S/C90H165O25P/c1-6-10-14-18-22-25-28-31-32-35-37-40-43-50-56-62-74(93)107-68-72-78(97)80(99)84(103)90(111-72)114-87-85(112-76(95)64-58-52-46-45-48-54-60-69(5)59-53-47-21-17-13-9-4)81(100)82(101)86(113-89-83(102)79(98)77(96)71(65-91)110-89)88(87)115-116(104,105)108-67-70(109-75(94)63-57-51-44-41-38-34-30-27-24-20-16-12-8-3)66-106-73(92)61-55-49-42-39-36-33-29-26-23-19-15-11-7-2/h25,28,33,36,69-72,77-91,96-103H,6-24,26-27,29-32,34-35,37-68H2,1-5H3,(H,104,105)/b28-25-,36-33-. The van der Waals surface area contributed by atoms with E-state index in [0.29, 0.717) is 38.0 Å². The second kappa shape index (κ2) is 68.4. The van der Waals surface area contributed by atoms with E-state index >= 15 is 0 Å². The summed E-state index contributed by atoms with van der Waals surface area (Å²) in [5, 5.41) is 102. The number of unbranched alkanes of at least 4 members (excludes halogenated alkanes) is 42. The SMILES string of the molecule is CCCCCC/C=C\CCCCCCCCCC(=O)OCC1OC(OC2C(OC(=O)CCCCCCCCC(C)CCCCCCCC)C(O)C(O)C(OC3OC(CO)C(O)C(O)C3O)C2OP(=O)(O)OCC(COC(=O)CCCCC/C=C\CCCCCCCC)OC(=O)CCCCCCCCCCCCCCC)C(O)C(O)C1O. The quantitative estimate of drug-likeness (QED) is 0.00889. The van der Waals surface area contributed by atoms with Crippen LogP contribution in [0.15, 0.2) is 24.3 Å². The molecule has 1 saturated carbocycles. The van der Waals surface area contributed by atoms with E-state index in [9.17, 15) is 74.6 Å². The van der Waals surface area contributed by atoms with Crippen molar-refractivity contribution in [2.24, 2.45) is 5.92 Å². The Labute approximate surface area is 698 Å². The zero-order chi connectivity index (χ0) is 84.8. The molecule has 26 heteroatoms. The van der Waals surface area contributed by atoms with Crippen LogP contribution in [0.4, 0.5) is 0 Å². The summed E-state index contributed by atoms with van der Waals surface area (Å²) in [5.74, 6) is -2.36. The van der Waals surface area contributed by atoms with Gasteiger partial charge in [0, 0.05) is 25.7 Å². The van der Waals surface area contributed by atoms with Gasteiger partial charge in [0.05, 0.1) is 13.2 Å². The van der Waals surface area contributed by atoms with Gasteiger partial charge >= 0.3 is 31.7 Å². The summed E-state index contributed by atoms with van der Waals surface area (Å²) < 4.78 is 73.4. The van der Waals surface area contributed by atoms with Gasteiger partial charge in [0.2, 0.25) is 0 Å². The Morgan fingerprint density at radius 2 is 0.698 bits per heavy atom. The van der Waals surface area contributed by atoms with Crippen molar-refractivity contribution in [2.45, 2.75) is 492 Å². The Balaban J connectivity index is 1.94. The molecular weight excluding hydrogens is 1510 g/mol. The number of phosphoric acid groups is 1. The molecule has 19 unspecified atom stereocenters. The highest BCUT2D eigenvalue weighted by atomic mass is 31.2. The Hall–Kier alpha value is -3.05. The Kier molecular flexibility index (Phi) is 63.2. The average molecular weight is 1680 g/mol. The minimum Gasteiger partial charge on any atom is -0.463 e. The van der Waals surface area contributed by atoms with E-state index in [-0.39, 0.29) is 25.7 Å². The van der Waals surface area contributed by atoms with Crippen LogP contribution in [-0.2, 0) is 70.7 Å². The molecule has 0 bridgehead atoms. The largest absolute Gasteiger partial charge is 0.472 e. The van der Waals surface area contributed by atoms with E-state index in [1.807, 2.05) is 0 Å². The van der Waals surface area contributed by atoms with E-state index < -0.39 is 162 Å². The summed E-state index contributed by atoms with van der Waals surface area (Å²) in [6, 6.07) is 0. The molecule has 0 aromatic carbocycles. The molecule has 2 heterocycles. The van der Waals surface area contributed by atoms with Crippen LogP contribution >= 0.6 is 7.82 Å². The fourth-order valence-corrected chi connectivity index (χ4v) is 16.3. The van der Waals surface area contributed by atoms with Crippen LogP contribution in [-0.4, -0.2) is 205 Å². The van der Waals surface area contributed by atoms with Crippen LogP contribution in [0.2, 0.25) is 0 Å². The predicted molar refractivity (Wildman–Crippen MR) is 449 cm³/mol. The molecule has 1 aliphatic carbocycles. The first-order valence-corrected chi connectivity index (χ1v) is 48.0. The number of aliphatic hydroxyl groups is 9. The molecule has 25 nitrogen and oxygen atoms in total. The lowest BCUT2D eigenvalue weighted by Crippen LogP contribution is -2.70. The lowest BCUT2D eigenvalue weighted by Gasteiger charge is -2.50. The number of allylic oxidation sites excluding steroid dienone is 4. The zero-order valence-corrected chi connectivity index (χ0v) is 73.4. The first-order valence-electron chi connectivity index (χ1n) is 46.5. The molecule has 0 aromatic rings. The molecule has 116 heavy (non-hydrogen) atoms. The van der Waals surface area contributed by atoms with Gasteiger partial charge in [-0.25, -0.2) is 4.57 Å². The van der Waals surface area contributed by atoms with E-state index in [4.69, 9.17) is 46.9 Å². The second-order valence-corrected chi connectivity index (χ2v) is 34.8. The van der Waals surface area contributed by atoms with Crippen LogP contribution in [0.1, 0.15) is 388 Å². The molecule has 3 aliphatic rings. The molecule has 680 valence electrons. The molecule has 0 spiro atoms. The molecule has 19 atom stereocenters. The lowest BCUT2D eigenvalue weighted by atomic mass is 9.84. The van der Waals surface area contributed by atoms with Gasteiger partial charge in [-0.05, 0) is 83.0 Å². The molecule has 0 radical (unpaired) electrons. The molecular formula is C90H165O25P. The lowest BCUT2D eigenvalue weighted by molar-refractivity contribution is -0.360. The van der Waals surface area contributed by atoms with Crippen LogP contribution in [0.5, 0.6) is 0 Å². The third-order valence-electron chi connectivity index (χ3n) is 22.8. The fraction of sp³-hybridized carbons (Fsp3) is 0.911. The number of phosphoric ester groups is 1. The molecule has 10 N–H and O–H groups in total. The number of carbonyl (C=O) groups is 4. The van der Waals surface area contributed by atoms with E-state index in [0.717, 1.165) is 148 Å². The van der Waals surface area contributed by atoms with Gasteiger partial charge in [-0.15, -0.1) is 0 Å². The fourth-order valence-electron chi connectivity index (χ4n) is 15.3. The van der Waals surface area contributed by atoms with E-state index in [1.54, 1.807) is 0 Å². The summed E-state index contributed by atoms with van der Waals surface area (Å²) in [7, 11) is -5.81. The highest BCUT2D eigenvalue weighted by Crippen LogP contribution is 2.49. The number of rotatable bonds is 74. The Morgan fingerprint density at radius 3 is 1.13 bits per heavy atom. The number of esters is 4. The smallest absolute Gasteiger partial charge is 0.463 e. The summed E-state index contributed by atoms with van der Waals surface area (Å²) in [6.45, 7) is 7.85. The summed E-state index contributed by atoms with van der Waals surface area (Å²) in [4.78, 5) is 66.4. The van der Waals surface area contributed by atoms with Crippen molar-refractivity contribution < 1.29 is 122 Å². The number of aliphatic hydroxyl groups excluding tert-OH is 9. The molecule has 0 aromatic heterocycles. The number of hydrogen-bond donors (Lipinski definition) is 10. The summed E-state index contributed by atoms with van der Waals surface area (Å²) in [5.41, 5.74) is 0. The normalized spacial score (nSPS) is 25.5. The van der Waals surface area contributed by atoms with Gasteiger partial charge in [-0.3, -0.25) is 28.2 Å². The molecule has 3 rings (SSSR count). The first-order chi connectivity index (χ1) is 56.1. The van der Waals surface area contributed by atoms with Crippen molar-refractivity contribution in [3.8, 4) is 0 Å². The third-order valence-corrected chi connectivity index (χ3v) is 23.8. The van der Waals surface area contributed by atoms with E-state index in [2.05, 4.69) is 58.9 Å². The third kappa shape index (κ3) is 48.7. The van der Waals surface area contributed by atoms with Crippen molar-refractivity contribution in [3.63, 3.8) is 0 Å². The average Bonchev–Trinajstić information content (AvgIpc) is 0.755. The van der Waals surface area contributed by atoms with Crippen molar-refractivity contribution >= 4 is 31.7 Å². The number of hydrogen-bond acceptors (Lipinski definition) is 24. The molecule has 3 fully saturated rings.